The molecule has 0 saturated heterocycles. The van der Waals surface area contributed by atoms with E-state index < -0.39 is 15.6 Å². The smallest absolute Gasteiger partial charge is 0.822 e. The van der Waals surface area contributed by atoms with E-state index in [-0.39, 0.29) is 147 Å². The van der Waals surface area contributed by atoms with Gasteiger partial charge >= 0.3 is 147 Å². The van der Waals surface area contributed by atoms with Crippen LogP contribution < -0.4 is 29.4 Å². The molecule has 0 saturated carbocycles. The molecule has 0 aromatic rings. The van der Waals surface area contributed by atoms with Gasteiger partial charge in [0.15, 0.2) is 0 Å². The Bertz CT molecular complexity index is 130. The van der Waals surface area contributed by atoms with Crippen molar-refractivity contribution in [3.8, 4) is 0 Å². The fourth-order valence-electron chi connectivity index (χ4n) is 0. The topological polar surface area (TPSA) is 172 Å². The normalized spacial score (nSPS) is 9.08. The molecule has 0 aliphatic carbocycles. The first-order valence-corrected chi connectivity index (χ1v) is 4.38. The van der Waals surface area contributed by atoms with Crippen LogP contribution >= 0.6 is 15.6 Å². The fraction of sp³-hybridized carbons (Fsp3) is 0. The first-order valence-electron chi connectivity index (χ1n) is 1.46. The van der Waals surface area contributed by atoms with Crippen LogP contribution in [0, 0.1) is 0 Å². The minimum absolute atomic E-state index is 0. The van der Waals surface area contributed by atoms with Crippen LogP contribution in [0.5, 0.6) is 0 Å². The molecule has 13 heteroatoms. The van der Waals surface area contributed by atoms with Crippen molar-refractivity contribution in [2.45, 2.75) is 0 Å². The molecule has 64 valence electrons. The second kappa shape index (κ2) is 15.0. The van der Waals surface area contributed by atoms with E-state index in [1.807, 2.05) is 0 Å². The summed E-state index contributed by atoms with van der Waals surface area (Å²) in [6, 6.07) is 0. The van der Waals surface area contributed by atoms with Crippen LogP contribution in [0.4, 0.5) is 0 Å². The van der Waals surface area contributed by atoms with E-state index in [2.05, 4.69) is 0 Å². The van der Waals surface area contributed by atoms with Crippen molar-refractivity contribution in [2.75, 3.05) is 0 Å². The Labute approximate surface area is 195 Å². The Morgan fingerprint density at radius 2 is 0.538 bits per heavy atom. The molecule has 0 spiro atoms. The second-order valence-corrected chi connectivity index (χ2v) is 2.68. The van der Waals surface area contributed by atoms with Gasteiger partial charge in [-0.3, -0.25) is 0 Å². The number of hydrogen-bond acceptors (Lipinski definition) is 8. The Morgan fingerprint density at radius 3 is 0.538 bits per heavy atom. The standard InChI is InChI=1S/3Ba.2H3O4P/c;;;2*1-5(2,3)4/h;;;2*(H3,1,2,3,4)/q3*+2;;/p-6. The minimum atomic E-state index is -5.39. The van der Waals surface area contributed by atoms with Crippen molar-refractivity contribution in [1.29, 1.82) is 0 Å². The van der Waals surface area contributed by atoms with Gasteiger partial charge in [0.25, 0.3) is 0 Å². The van der Waals surface area contributed by atoms with Gasteiger partial charge in [-0.1, -0.05) is 0 Å². The van der Waals surface area contributed by atoms with Crippen LogP contribution in [0.3, 0.4) is 0 Å². The number of phosphoric acid groups is 2. The van der Waals surface area contributed by atoms with Gasteiger partial charge in [0, 0.05) is 0 Å². The van der Waals surface area contributed by atoms with E-state index in [4.69, 9.17) is 38.5 Å². The summed E-state index contributed by atoms with van der Waals surface area (Å²) in [5.41, 5.74) is 0. The van der Waals surface area contributed by atoms with Crippen molar-refractivity contribution < 1.29 is 38.5 Å². The molecule has 0 fully saturated rings. The predicted molar refractivity (Wildman–Crippen MR) is 32.5 cm³/mol. The summed E-state index contributed by atoms with van der Waals surface area (Å²) in [6.07, 6.45) is 0. The quantitative estimate of drug-likeness (QED) is 0.195. The van der Waals surface area contributed by atoms with Crippen molar-refractivity contribution in [3.05, 3.63) is 0 Å². The maximum Gasteiger partial charge on any atom is 2.00 e. The van der Waals surface area contributed by atoms with E-state index in [0.29, 0.717) is 0 Å². The van der Waals surface area contributed by atoms with Crippen LogP contribution in [-0.2, 0) is 9.13 Å². The first-order chi connectivity index (χ1) is 4.00. The average molecular weight is 602 g/mol. The van der Waals surface area contributed by atoms with Gasteiger partial charge in [0.1, 0.15) is 0 Å². The van der Waals surface area contributed by atoms with Gasteiger partial charge in [-0.15, -0.1) is 0 Å². The molecule has 0 N–H and O–H groups in total. The third-order valence-corrected chi connectivity index (χ3v) is 0. The second-order valence-electron chi connectivity index (χ2n) is 0.894. The van der Waals surface area contributed by atoms with Crippen LogP contribution in [0.2, 0.25) is 0 Å². The molecule has 0 amide bonds. The summed E-state index contributed by atoms with van der Waals surface area (Å²) in [4.78, 5) is 51.3. The third-order valence-electron chi connectivity index (χ3n) is 0. The first kappa shape index (κ1) is 30.7. The molecule has 0 unspecified atom stereocenters. The Hall–Kier alpha value is 4.93. The molecule has 0 aromatic heterocycles. The van der Waals surface area contributed by atoms with E-state index in [9.17, 15) is 0 Å². The molecule has 0 bridgehead atoms. The van der Waals surface area contributed by atoms with E-state index in [1.165, 1.54) is 0 Å². The molecule has 13 heavy (non-hydrogen) atoms. The van der Waals surface area contributed by atoms with Crippen molar-refractivity contribution in [1.82, 2.24) is 0 Å². The monoisotopic (exact) mass is 604 g/mol. The van der Waals surface area contributed by atoms with Crippen molar-refractivity contribution in [2.24, 2.45) is 0 Å². The van der Waals surface area contributed by atoms with Gasteiger partial charge < -0.3 is 38.5 Å². The summed E-state index contributed by atoms with van der Waals surface area (Å²) in [7, 11) is -10.8. The Kier molecular flexibility index (Phi) is 35.5. The van der Waals surface area contributed by atoms with Gasteiger partial charge in [-0.2, -0.15) is 15.6 Å². The molecule has 0 rings (SSSR count). The molecular weight excluding hydrogens is 602 g/mol. The maximum atomic E-state index is 8.55. The summed E-state index contributed by atoms with van der Waals surface area (Å²) in [5, 5.41) is 0. The van der Waals surface area contributed by atoms with Crippen LogP contribution in [-0.4, -0.2) is 147 Å². The van der Waals surface area contributed by atoms with Gasteiger partial charge in [-0.05, 0) is 0 Å². The fourth-order valence-corrected chi connectivity index (χ4v) is 0. The molecular formula is Ba3O8P2. The zero-order chi connectivity index (χ0) is 9.00. The largest absolute Gasteiger partial charge is 2.00 e. The maximum absolute atomic E-state index is 8.55. The molecule has 8 nitrogen and oxygen atoms in total. The summed E-state index contributed by atoms with van der Waals surface area (Å²) < 4.78 is 17.1. The molecule has 0 aliphatic heterocycles. The van der Waals surface area contributed by atoms with Crippen LogP contribution in [0.25, 0.3) is 0 Å². The molecule has 0 atom stereocenters. The zero-order valence-electron chi connectivity index (χ0n) is 6.28. The summed E-state index contributed by atoms with van der Waals surface area (Å²) in [6.45, 7) is 0. The molecule has 0 aliphatic rings. The predicted octanol–water partition coefficient (Wildman–Crippen LogP) is -6.79. The molecule has 0 radical (unpaired) electrons. The Balaban J connectivity index is -0.0000000267. The number of hydrogen-bond donors (Lipinski definition) is 0. The van der Waals surface area contributed by atoms with Crippen LogP contribution in [0.1, 0.15) is 0 Å². The minimum Gasteiger partial charge on any atom is -0.822 e. The van der Waals surface area contributed by atoms with Gasteiger partial charge in [-0.25, -0.2) is 0 Å². The SMILES string of the molecule is O=P([O-])([O-])[O-].O=P([O-])([O-])[O-].[Ba+2].[Ba+2].[Ba+2]. The van der Waals surface area contributed by atoms with Gasteiger partial charge in [0.05, 0.1) is 0 Å². The van der Waals surface area contributed by atoms with Gasteiger partial charge in [0.2, 0.25) is 0 Å². The van der Waals surface area contributed by atoms with E-state index in [1.54, 1.807) is 0 Å². The molecule has 0 heterocycles. The van der Waals surface area contributed by atoms with Crippen molar-refractivity contribution in [3.63, 3.8) is 0 Å². The zero-order valence-corrected chi connectivity index (χ0v) is 21.4. The van der Waals surface area contributed by atoms with E-state index in [0.717, 1.165) is 0 Å². The number of rotatable bonds is 0. The van der Waals surface area contributed by atoms with E-state index >= 15 is 0 Å². The average Bonchev–Trinajstić information content (AvgIpc) is 1.12. The van der Waals surface area contributed by atoms with Crippen LogP contribution in [0.15, 0.2) is 0 Å². The van der Waals surface area contributed by atoms with Crippen molar-refractivity contribution >= 4 is 162 Å². The summed E-state index contributed by atoms with van der Waals surface area (Å²) >= 11 is 0. The third kappa shape index (κ3) is 155. The Morgan fingerprint density at radius 1 is 0.538 bits per heavy atom. The molecule has 0 aromatic carbocycles. The summed E-state index contributed by atoms with van der Waals surface area (Å²) in [5.74, 6) is 0.